The van der Waals surface area contributed by atoms with Gasteiger partial charge in [-0.25, -0.2) is 4.98 Å². The fourth-order valence-electron chi connectivity index (χ4n) is 2.77. The molecule has 2 aromatic rings. The Morgan fingerprint density at radius 3 is 3.09 bits per heavy atom. The number of nitrogens with zero attached hydrogens (tertiary/aromatic N) is 3. The highest BCUT2D eigenvalue weighted by molar-refractivity contribution is 5.22. The molecule has 116 valence electrons. The maximum Gasteiger partial charge on any atom is 0.251 e. The first-order valence-corrected chi connectivity index (χ1v) is 7.42. The van der Waals surface area contributed by atoms with Crippen LogP contribution < -0.4 is 5.56 Å². The summed E-state index contributed by atoms with van der Waals surface area (Å²) in [5, 5.41) is 0. The van der Waals surface area contributed by atoms with Gasteiger partial charge in [0.1, 0.15) is 5.82 Å². The molecule has 0 aliphatic carbocycles. The van der Waals surface area contributed by atoms with Crippen molar-refractivity contribution in [1.29, 1.82) is 0 Å². The molecule has 1 fully saturated rings. The second-order valence-corrected chi connectivity index (χ2v) is 5.62. The van der Waals surface area contributed by atoms with Gasteiger partial charge >= 0.3 is 0 Å². The number of aromatic nitrogens is 3. The molecule has 0 saturated carbocycles. The van der Waals surface area contributed by atoms with E-state index >= 15 is 0 Å². The molecule has 0 aromatic carbocycles. The minimum Gasteiger partial charge on any atom is -0.378 e. The van der Waals surface area contributed by atoms with E-state index in [2.05, 4.69) is 26.8 Å². The predicted octanol–water partition coefficient (Wildman–Crippen LogP) is 1.36. The van der Waals surface area contributed by atoms with E-state index in [1.54, 1.807) is 13.0 Å². The molecule has 3 heterocycles. The van der Waals surface area contributed by atoms with E-state index in [-0.39, 0.29) is 11.6 Å². The van der Waals surface area contributed by atoms with Gasteiger partial charge in [0.2, 0.25) is 0 Å². The van der Waals surface area contributed by atoms with Gasteiger partial charge in [-0.05, 0) is 31.0 Å². The standard InChI is InChI=1S/C16H20N4O2/c1-11-8-17-4-3-13(11)9-20-5-6-22-10-15(20)14-7-16(21)19-12(2)18-14/h3-4,7-8,15H,5-6,9-10H2,1-2H3,(H,18,19,21)/t15-/m1/s1. The molecule has 1 atom stereocenters. The highest BCUT2D eigenvalue weighted by Gasteiger charge is 2.26. The molecule has 1 aliphatic heterocycles. The lowest BCUT2D eigenvalue weighted by atomic mass is 10.1. The fourth-order valence-corrected chi connectivity index (χ4v) is 2.77. The minimum atomic E-state index is -0.117. The van der Waals surface area contributed by atoms with Crippen molar-refractivity contribution in [3.63, 3.8) is 0 Å². The highest BCUT2D eigenvalue weighted by Crippen LogP contribution is 2.24. The van der Waals surface area contributed by atoms with Gasteiger partial charge in [-0.3, -0.25) is 14.7 Å². The Labute approximate surface area is 129 Å². The number of hydrogen-bond acceptors (Lipinski definition) is 5. The van der Waals surface area contributed by atoms with Gasteiger partial charge < -0.3 is 9.72 Å². The largest absolute Gasteiger partial charge is 0.378 e. The van der Waals surface area contributed by atoms with E-state index in [4.69, 9.17) is 4.74 Å². The molecular weight excluding hydrogens is 280 g/mol. The van der Waals surface area contributed by atoms with E-state index in [0.717, 1.165) is 18.8 Å². The molecule has 3 rings (SSSR count). The number of aromatic amines is 1. The summed E-state index contributed by atoms with van der Waals surface area (Å²) in [5.41, 5.74) is 3.06. The molecule has 0 amide bonds. The summed E-state index contributed by atoms with van der Waals surface area (Å²) >= 11 is 0. The van der Waals surface area contributed by atoms with Gasteiger partial charge in [0.05, 0.1) is 24.9 Å². The summed E-state index contributed by atoms with van der Waals surface area (Å²) in [7, 11) is 0. The second-order valence-electron chi connectivity index (χ2n) is 5.62. The van der Waals surface area contributed by atoms with E-state index in [1.807, 2.05) is 18.5 Å². The zero-order chi connectivity index (χ0) is 15.5. The quantitative estimate of drug-likeness (QED) is 0.926. The van der Waals surface area contributed by atoms with Crippen LogP contribution in [0.25, 0.3) is 0 Å². The average molecular weight is 300 g/mol. The number of hydrogen-bond donors (Lipinski definition) is 1. The van der Waals surface area contributed by atoms with Crippen molar-refractivity contribution in [2.75, 3.05) is 19.8 Å². The zero-order valence-corrected chi connectivity index (χ0v) is 12.9. The number of morpholine rings is 1. The first kappa shape index (κ1) is 14.9. The van der Waals surface area contributed by atoms with Gasteiger partial charge in [0, 0.05) is 31.5 Å². The highest BCUT2D eigenvalue weighted by atomic mass is 16.5. The zero-order valence-electron chi connectivity index (χ0n) is 12.9. The lowest BCUT2D eigenvalue weighted by molar-refractivity contribution is -0.0144. The first-order chi connectivity index (χ1) is 10.6. The third-order valence-electron chi connectivity index (χ3n) is 3.97. The minimum absolute atomic E-state index is 0.00214. The van der Waals surface area contributed by atoms with Crippen LogP contribution in [0.2, 0.25) is 0 Å². The second kappa shape index (κ2) is 6.37. The summed E-state index contributed by atoms with van der Waals surface area (Å²) in [6.07, 6.45) is 3.69. The van der Waals surface area contributed by atoms with Gasteiger partial charge in [0.15, 0.2) is 0 Å². The molecule has 2 aromatic heterocycles. The molecule has 0 spiro atoms. The third kappa shape index (κ3) is 3.23. The van der Waals surface area contributed by atoms with Crippen LogP contribution in [0.3, 0.4) is 0 Å². The number of ether oxygens (including phenoxy) is 1. The van der Waals surface area contributed by atoms with Crippen LogP contribution in [0, 0.1) is 13.8 Å². The van der Waals surface area contributed by atoms with Crippen molar-refractivity contribution in [1.82, 2.24) is 19.9 Å². The third-order valence-corrected chi connectivity index (χ3v) is 3.97. The smallest absolute Gasteiger partial charge is 0.251 e. The summed E-state index contributed by atoms with van der Waals surface area (Å²) in [5.74, 6) is 0.633. The molecule has 6 nitrogen and oxygen atoms in total. The van der Waals surface area contributed by atoms with Crippen LogP contribution in [0.15, 0.2) is 29.3 Å². The Hall–Kier alpha value is -2.05. The van der Waals surface area contributed by atoms with Crippen molar-refractivity contribution in [2.45, 2.75) is 26.4 Å². The van der Waals surface area contributed by atoms with Crippen LogP contribution in [-0.4, -0.2) is 39.6 Å². The first-order valence-electron chi connectivity index (χ1n) is 7.42. The van der Waals surface area contributed by atoms with E-state index in [0.29, 0.717) is 19.0 Å². The van der Waals surface area contributed by atoms with Crippen molar-refractivity contribution in [3.05, 3.63) is 57.5 Å². The molecule has 1 N–H and O–H groups in total. The van der Waals surface area contributed by atoms with Gasteiger partial charge in [0.25, 0.3) is 5.56 Å². The summed E-state index contributed by atoms with van der Waals surface area (Å²) in [6, 6.07) is 3.61. The SMILES string of the molecule is Cc1nc([C@H]2COCCN2Cc2ccncc2C)cc(=O)[nH]1. The number of aryl methyl sites for hydroxylation is 2. The van der Waals surface area contributed by atoms with Crippen molar-refractivity contribution < 1.29 is 4.74 Å². The molecule has 6 heteroatoms. The van der Waals surface area contributed by atoms with Crippen LogP contribution in [0.4, 0.5) is 0 Å². The Balaban J connectivity index is 1.88. The summed E-state index contributed by atoms with van der Waals surface area (Å²) < 4.78 is 5.61. The lowest BCUT2D eigenvalue weighted by Crippen LogP contribution is -2.40. The summed E-state index contributed by atoms with van der Waals surface area (Å²) in [6.45, 7) is 6.73. The fraction of sp³-hybridized carbons (Fsp3) is 0.438. The van der Waals surface area contributed by atoms with Crippen LogP contribution in [0.5, 0.6) is 0 Å². The molecule has 22 heavy (non-hydrogen) atoms. The molecular formula is C16H20N4O2. The number of nitrogens with one attached hydrogen (secondary N) is 1. The molecule has 0 bridgehead atoms. The van der Waals surface area contributed by atoms with Gasteiger partial charge in [-0.2, -0.15) is 0 Å². The van der Waals surface area contributed by atoms with E-state index < -0.39 is 0 Å². The average Bonchev–Trinajstić information content (AvgIpc) is 2.49. The Kier molecular flexibility index (Phi) is 4.31. The molecule has 0 unspecified atom stereocenters. The van der Waals surface area contributed by atoms with Crippen molar-refractivity contribution >= 4 is 0 Å². The Morgan fingerprint density at radius 2 is 2.32 bits per heavy atom. The Morgan fingerprint density at radius 1 is 1.45 bits per heavy atom. The van der Waals surface area contributed by atoms with Crippen LogP contribution >= 0.6 is 0 Å². The summed E-state index contributed by atoms with van der Waals surface area (Å²) in [4.78, 5) is 25.3. The number of pyridine rings is 1. The Bertz CT molecular complexity index is 713. The normalized spacial score (nSPS) is 19.3. The van der Waals surface area contributed by atoms with E-state index in [1.165, 1.54) is 11.1 Å². The van der Waals surface area contributed by atoms with Crippen LogP contribution in [-0.2, 0) is 11.3 Å². The van der Waals surface area contributed by atoms with Crippen molar-refractivity contribution in [3.8, 4) is 0 Å². The molecule has 1 saturated heterocycles. The number of rotatable bonds is 3. The van der Waals surface area contributed by atoms with Gasteiger partial charge in [-0.15, -0.1) is 0 Å². The maximum atomic E-state index is 11.7. The molecule has 0 radical (unpaired) electrons. The topological polar surface area (TPSA) is 71.1 Å². The van der Waals surface area contributed by atoms with Crippen LogP contribution in [0.1, 0.15) is 28.7 Å². The number of H-pyrrole nitrogens is 1. The van der Waals surface area contributed by atoms with Gasteiger partial charge in [-0.1, -0.05) is 0 Å². The van der Waals surface area contributed by atoms with E-state index in [9.17, 15) is 4.79 Å². The monoisotopic (exact) mass is 300 g/mol. The predicted molar refractivity (Wildman–Crippen MR) is 82.5 cm³/mol. The lowest BCUT2D eigenvalue weighted by Gasteiger charge is -2.35. The maximum absolute atomic E-state index is 11.7. The van der Waals surface area contributed by atoms with Crippen molar-refractivity contribution in [2.24, 2.45) is 0 Å². The molecule has 1 aliphatic rings.